The third-order valence-corrected chi connectivity index (χ3v) is 3.94. The van der Waals surface area contributed by atoms with Gasteiger partial charge in [-0.3, -0.25) is 4.79 Å². The van der Waals surface area contributed by atoms with Crippen LogP contribution >= 0.6 is 0 Å². The Morgan fingerprint density at radius 1 is 1.17 bits per heavy atom. The van der Waals surface area contributed by atoms with Crippen LogP contribution in [-0.4, -0.2) is 30.7 Å². The van der Waals surface area contributed by atoms with E-state index in [1.165, 1.54) is 0 Å². The fourth-order valence-corrected chi connectivity index (χ4v) is 2.70. The lowest BCUT2D eigenvalue weighted by molar-refractivity contribution is -0.127. The Balaban J connectivity index is 1.69. The van der Waals surface area contributed by atoms with Gasteiger partial charge in [-0.05, 0) is 43.0 Å². The van der Waals surface area contributed by atoms with E-state index in [2.05, 4.69) is 0 Å². The number of benzene rings is 1. The number of ether oxygens (including phenoxy) is 2. The third-order valence-electron chi connectivity index (χ3n) is 3.94. The first-order chi connectivity index (χ1) is 11.3. The summed E-state index contributed by atoms with van der Waals surface area (Å²) in [5, 5.41) is 9.21. The van der Waals surface area contributed by atoms with Gasteiger partial charge in [-0.2, -0.15) is 5.26 Å². The molecule has 0 bridgehead atoms. The topological polar surface area (TPSA) is 62.6 Å². The number of piperidine rings is 1. The highest BCUT2D eigenvalue weighted by atomic mass is 16.7. The summed E-state index contributed by atoms with van der Waals surface area (Å²) in [6, 6.07) is 7.61. The zero-order chi connectivity index (χ0) is 16.1. The second-order valence-electron chi connectivity index (χ2n) is 5.52. The molecule has 5 nitrogen and oxygen atoms in total. The maximum absolute atomic E-state index is 12.3. The molecule has 2 heterocycles. The quantitative estimate of drug-likeness (QED) is 0.489. The van der Waals surface area contributed by atoms with Crippen molar-refractivity contribution in [3.8, 4) is 17.6 Å². The van der Waals surface area contributed by atoms with Crippen molar-refractivity contribution in [3.05, 3.63) is 41.5 Å². The summed E-state index contributed by atoms with van der Waals surface area (Å²) in [7, 11) is 0. The lowest BCUT2D eigenvalue weighted by Crippen LogP contribution is -2.36. The van der Waals surface area contributed by atoms with Crippen LogP contribution in [0.1, 0.15) is 24.8 Å². The molecule has 1 aromatic rings. The maximum Gasteiger partial charge on any atom is 0.264 e. The second-order valence-corrected chi connectivity index (χ2v) is 5.52. The van der Waals surface area contributed by atoms with Crippen LogP contribution in [0.25, 0.3) is 6.08 Å². The van der Waals surface area contributed by atoms with Crippen LogP contribution in [0.3, 0.4) is 0 Å². The Kier molecular flexibility index (Phi) is 4.62. The van der Waals surface area contributed by atoms with Gasteiger partial charge in [0.1, 0.15) is 11.6 Å². The average molecular weight is 310 g/mol. The van der Waals surface area contributed by atoms with Crippen molar-refractivity contribution in [3.63, 3.8) is 0 Å². The minimum absolute atomic E-state index is 0.170. The fraction of sp³-hybridized carbons (Fsp3) is 0.333. The second kappa shape index (κ2) is 7.01. The zero-order valence-corrected chi connectivity index (χ0v) is 12.8. The van der Waals surface area contributed by atoms with E-state index in [9.17, 15) is 10.1 Å². The van der Waals surface area contributed by atoms with E-state index in [0.717, 1.165) is 43.7 Å². The predicted octanol–water partition coefficient (Wildman–Crippen LogP) is 2.89. The van der Waals surface area contributed by atoms with Gasteiger partial charge < -0.3 is 14.4 Å². The van der Waals surface area contributed by atoms with Crippen LogP contribution in [-0.2, 0) is 4.79 Å². The van der Waals surface area contributed by atoms with Gasteiger partial charge in [0, 0.05) is 13.1 Å². The van der Waals surface area contributed by atoms with Gasteiger partial charge in [0.05, 0.1) is 0 Å². The average Bonchev–Trinajstić information content (AvgIpc) is 3.07. The standard InChI is InChI=1S/C18H18N2O3/c19-12-15(18(21)20-9-2-1-3-10-20)6-4-5-14-7-8-16-17(11-14)23-13-22-16/h4-8,11H,1-3,9-10,13H2/b5-4+,15-6+. The van der Waals surface area contributed by atoms with Crippen molar-refractivity contribution in [2.24, 2.45) is 0 Å². The molecular formula is C18H18N2O3. The van der Waals surface area contributed by atoms with E-state index in [1.54, 1.807) is 17.1 Å². The van der Waals surface area contributed by atoms with Crippen LogP contribution < -0.4 is 9.47 Å². The number of nitriles is 1. The minimum Gasteiger partial charge on any atom is -0.454 e. The van der Waals surface area contributed by atoms with E-state index in [4.69, 9.17) is 9.47 Å². The van der Waals surface area contributed by atoms with E-state index in [0.29, 0.717) is 5.75 Å². The summed E-state index contributed by atoms with van der Waals surface area (Å²) in [6.45, 7) is 1.72. The Hall–Kier alpha value is -2.74. The van der Waals surface area contributed by atoms with Crippen molar-refractivity contribution in [1.29, 1.82) is 5.26 Å². The molecule has 2 aliphatic rings. The predicted molar refractivity (Wildman–Crippen MR) is 85.7 cm³/mol. The molecule has 0 unspecified atom stereocenters. The summed E-state index contributed by atoms with van der Waals surface area (Å²) >= 11 is 0. The number of amides is 1. The highest BCUT2D eigenvalue weighted by molar-refractivity contribution is 5.97. The van der Waals surface area contributed by atoms with Gasteiger partial charge in [-0.1, -0.05) is 18.2 Å². The summed E-state index contributed by atoms with van der Waals surface area (Å²) in [5.41, 5.74) is 1.09. The molecule has 1 saturated heterocycles. The molecule has 118 valence electrons. The highest BCUT2D eigenvalue weighted by Gasteiger charge is 2.19. The number of rotatable bonds is 3. The Morgan fingerprint density at radius 2 is 1.96 bits per heavy atom. The molecule has 0 saturated carbocycles. The first-order valence-corrected chi connectivity index (χ1v) is 7.75. The highest BCUT2D eigenvalue weighted by Crippen LogP contribution is 2.32. The molecule has 0 N–H and O–H groups in total. The van der Waals surface area contributed by atoms with Crippen molar-refractivity contribution in [2.75, 3.05) is 19.9 Å². The molecule has 1 amide bonds. The molecule has 0 aliphatic carbocycles. The first kappa shape index (κ1) is 15.2. The third kappa shape index (κ3) is 3.54. The fourth-order valence-electron chi connectivity index (χ4n) is 2.70. The SMILES string of the molecule is N#C/C(=C\C=C\c1ccc2c(c1)OCO2)C(=O)N1CCCCC1. The normalized spacial score (nSPS) is 17.3. The molecule has 1 fully saturated rings. The van der Waals surface area contributed by atoms with Gasteiger partial charge >= 0.3 is 0 Å². The summed E-state index contributed by atoms with van der Waals surface area (Å²) in [6.07, 6.45) is 8.30. The number of hydrogen-bond donors (Lipinski definition) is 0. The van der Waals surface area contributed by atoms with E-state index >= 15 is 0 Å². The molecule has 0 radical (unpaired) electrons. The van der Waals surface area contributed by atoms with Gasteiger partial charge in [-0.25, -0.2) is 0 Å². The summed E-state index contributed by atoms with van der Waals surface area (Å²) < 4.78 is 10.6. The molecular weight excluding hydrogens is 292 g/mol. The van der Waals surface area contributed by atoms with Crippen LogP contribution in [0, 0.1) is 11.3 Å². The molecule has 2 aliphatic heterocycles. The molecule has 1 aromatic carbocycles. The van der Waals surface area contributed by atoms with Crippen molar-refractivity contribution >= 4 is 12.0 Å². The zero-order valence-electron chi connectivity index (χ0n) is 12.8. The largest absolute Gasteiger partial charge is 0.454 e. The van der Waals surface area contributed by atoms with E-state index in [-0.39, 0.29) is 18.3 Å². The number of allylic oxidation sites excluding steroid dienone is 2. The lowest BCUT2D eigenvalue weighted by Gasteiger charge is -2.26. The summed E-state index contributed by atoms with van der Waals surface area (Å²) in [4.78, 5) is 14.0. The number of fused-ring (bicyclic) bond motifs is 1. The van der Waals surface area contributed by atoms with Crippen LogP contribution in [0.2, 0.25) is 0 Å². The number of hydrogen-bond acceptors (Lipinski definition) is 4. The molecule has 0 aromatic heterocycles. The first-order valence-electron chi connectivity index (χ1n) is 7.75. The molecule has 0 atom stereocenters. The molecule has 0 spiro atoms. The maximum atomic E-state index is 12.3. The van der Waals surface area contributed by atoms with Crippen molar-refractivity contribution in [2.45, 2.75) is 19.3 Å². The Labute approximate surface area is 135 Å². The van der Waals surface area contributed by atoms with Gasteiger partial charge in [0.15, 0.2) is 11.5 Å². The smallest absolute Gasteiger partial charge is 0.264 e. The van der Waals surface area contributed by atoms with Gasteiger partial charge in [0.25, 0.3) is 5.91 Å². The van der Waals surface area contributed by atoms with Crippen molar-refractivity contribution in [1.82, 2.24) is 4.90 Å². The van der Waals surface area contributed by atoms with Gasteiger partial charge in [-0.15, -0.1) is 0 Å². The van der Waals surface area contributed by atoms with Crippen LogP contribution in [0.4, 0.5) is 0 Å². The van der Waals surface area contributed by atoms with Crippen LogP contribution in [0.5, 0.6) is 11.5 Å². The Morgan fingerprint density at radius 3 is 2.74 bits per heavy atom. The van der Waals surface area contributed by atoms with Gasteiger partial charge in [0.2, 0.25) is 6.79 Å². The van der Waals surface area contributed by atoms with E-state index in [1.807, 2.05) is 30.3 Å². The van der Waals surface area contributed by atoms with E-state index < -0.39 is 0 Å². The number of likely N-dealkylation sites (tertiary alicyclic amines) is 1. The minimum atomic E-state index is -0.178. The molecule has 5 heteroatoms. The monoisotopic (exact) mass is 310 g/mol. The Bertz CT molecular complexity index is 695. The number of nitrogens with zero attached hydrogens (tertiary/aromatic N) is 2. The molecule has 3 rings (SSSR count). The van der Waals surface area contributed by atoms with Crippen molar-refractivity contribution < 1.29 is 14.3 Å². The summed E-state index contributed by atoms with van der Waals surface area (Å²) in [5.74, 6) is 1.26. The lowest BCUT2D eigenvalue weighted by atomic mass is 10.1. The van der Waals surface area contributed by atoms with Crippen LogP contribution in [0.15, 0.2) is 35.9 Å². The number of carbonyl (C=O) groups excluding carboxylic acids is 1. The molecule has 23 heavy (non-hydrogen) atoms. The number of carbonyl (C=O) groups is 1.